The van der Waals surface area contributed by atoms with E-state index in [2.05, 4.69) is 10.1 Å². The summed E-state index contributed by atoms with van der Waals surface area (Å²) < 4.78 is 29.0. The lowest BCUT2D eigenvalue weighted by atomic mass is 9.82. The summed E-state index contributed by atoms with van der Waals surface area (Å²) in [5.74, 6) is -3.45. The SMILES string of the molecule is O=C(O)C1C2C=CC(C2)C1C(=O)Nc1ccc(Cl)c(OC(F)F)c1. The zero-order valence-electron chi connectivity index (χ0n) is 12.3. The number of aliphatic carboxylic acids is 1. The molecule has 1 amide bonds. The van der Waals surface area contributed by atoms with E-state index in [-0.39, 0.29) is 28.3 Å². The van der Waals surface area contributed by atoms with E-state index in [9.17, 15) is 23.5 Å². The van der Waals surface area contributed by atoms with Crippen LogP contribution < -0.4 is 10.1 Å². The summed E-state index contributed by atoms with van der Waals surface area (Å²) >= 11 is 5.76. The number of amides is 1. The number of fused-ring (bicyclic) bond motifs is 2. The third kappa shape index (κ3) is 3.08. The fraction of sp³-hybridized carbons (Fsp3) is 0.375. The Bertz CT molecular complexity index is 709. The van der Waals surface area contributed by atoms with Crippen LogP contribution in [-0.2, 0) is 9.59 Å². The van der Waals surface area contributed by atoms with E-state index in [0.29, 0.717) is 6.42 Å². The summed E-state index contributed by atoms with van der Waals surface area (Å²) in [6.07, 6.45) is 4.33. The van der Waals surface area contributed by atoms with E-state index in [4.69, 9.17) is 11.6 Å². The van der Waals surface area contributed by atoms with E-state index in [0.717, 1.165) is 0 Å². The molecule has 0 aromatic heterocycles. The van der Waals surface area contributed by atoms with Gasteiger partial charge in [0.05, 0.1) is 16.9 Å². The Balaban J connectivity index is 1.77. The number of carbonyl (C=O) groups is 2. The third-order valence-corrected chi connectivity index (χ3v) is 4.77. The Morgan fingerprint density at radius 3 is 2.54 bits per heavy atom. The van der Waals surface area contributed by atoms with Gasteiger partial charge in [-0.15, -0.1) is 0 Å². The maximum atomic E-state index is 12.5. The Morgan fingerprint density at radius 1 is 1.25 bits per heavy atom. The zero-order valence-corrected chi connectivity index (χ0v) is 13.0. The van der Waals surface area contributed by atoms with Crippen molar-refractivity contribution in [1.29, 1.82) is 0 Å². The van der Waals surface area contributed by atoms with Crippen LogP contribution in [0, 0.1) is 23.7 Å². The van der Waals surface area contributed by atoms with Crippen LogP contribution in [-0.4, -0.2) is 23.6 Å². The highest BCUT2D eigenvalue weighted by Crippen LogP contribution is 2.48. The van der Waals surface area contributed by atoms with Crippen LogP contribution in [0.25, 0.3) is 0 Å². The normalized spacial score (nSPS) is 27.5. The molecule has 1 saturated carbocycles. The molecular weight excluding hydrogens is 344 g/mol. The molecule has 2 aliphatic carbocycles. The maximum absolute atomic E-state index is 12.5. The molecular formula is C16H14ClF2NO4. The third-order valence-electron chi connectivity index (χ3n) is 4.46. The van der Waals surface area contributed by atoms with Gasteiger partial charge in [-0.1, -0.05) is 23.8 Å². The van der Waals surface area contributed by atoms with Gasteiger partial charge in [0.15, 0.2) is 0 Å². The van der Waals surface area contributed by atoms with Gasteiger partial charge in [-0.25, -0.2) is 0 Å². The monoisotopic (exact) mass is 357 g/mol. The van der Waals surface area contributed by atoms with Gasteiger partial charge in [-0.2, -0.15) is 8.78 Å². The number of allylic oxidation sites excluding steroid dienone is 2. The first-order valence-corrected chi connectivity index (χ1v) is 7.71. The fourth-order valence-electron chi connectivity index (χ4n) is 3.51. The van der Waals surface area contributed by atoms with Crippen LogP contribution in [0.4, 0.5) is 14.5 Å². The molecule has 0 spiro atoms. The van der Waals surface area contributed by atoms with Crippen molar-refractivity contribution < 1.29 is 28.2 Å². The van der Waals surface area contributed by atoms with Crippen LogP contribution in [0.2, 0.25) is 5.02 Å². The van der Waals surface area contributed by atoms with Gasteiger partial charge in [0.1, 0.15) is 5.75 Å². The van der Waals surface area contributed by atoms with E-state index in [1.807, 2.05) is 12.2 Å². The Labute approximate surface area is 141 Å². The second kappa shape index (κ2) is 6.39. The van der Waals surface area contributed by atoms with Crippen molar-refractivity contribution >= 4 is 29.2 Å². The summed E-state index contributed by atoms with van der Waals surface area (Å²) in [5.41, 5.74) is 0.218. The molecule has 2 bridgehead atoms. The van der Waals surface area contributed by atoms with Crippen molar-refractivity contribution in [2.75, 3.05) is 5.32 Å². The number of halogens is 3. The number of carboxylic acids is 1. The van der Waals surface area contributed by atoms with Gasteiger partial charge in [-0.3, -0.25) is 9.59 Å². The fourth-order valence-corrected chi connectivity index (χ4v) is 3.67. The summed E-state index contributed by atoms with van der Waals surface area (Å²) in [6.45, 7) is -3.04. The molecule has 3 rings (SSSR count). The lowest BCUT2D eigenvalue weighted by Crippen LogP contribution is -2.36. The maximum Gasteiger partial charge on any atom is 0.387 e. The number of nitrogens with one attached hydrogen (secondary N) is 1. The second-order valence-electron chi connectivity index (χ2n) is 5.85. The topological polar surface area (TPSA) is 75.6 Å². The minimum atomic E-state index is -3.04. The predicted octanol–water partition coefficient (Wildman–Crippen LogP) is 3.40. The van der Waals surface area contributed by atoms with Crippen LogP contribution in [0.15, 0.2) is 30.4 Å². The van der Waals surface area contributed by atoms with E-state index >= 15 is 0 Å². The number of hydrogen-bond acceptors (Lipinski definition) is 3. The van der Waals surface area contributed by atoms with Crippen LogP contribution in [0.3, 0.4) is 0 Å². The number of hydrogen-bond donors (Lipinski definition) is 2. The van der Waals surface area contributed by atoms with E-state index in [1.54, 1.807) is 0 Å². The van der Waals surface area contributed by atoms with Crippen LogP contribution >= 0.6 is 11.6 Å². The molecule has 4 unspecified atom stereocenters. The molecule has 24 heavy (non-hydrogen) atoms. The minimum Gasteiger partial charge on any atom is -0.481 e. The van der Waals surface area contributed by atoms with Crippen molar-refractivity contribution in [3.05, 3.63) is 35.4 Å². The summed E-state index contributed by atoms with van der Waals surface area (Å²) in [6, 6.07) is 3.95. The largest absolute Gasteiger partial charge is 0.481 e. The summed E-state index contributed by atoms with van der Waals surface area (Å²) in [5, 5.41) is 11.9. The summed E-state index contributed by atoms with van der Waals surface area (Å²) in [4.78, 5) is 24.0. The van der Waals surface area contributed by atoms with Gasteiger partial charge in [0.2, 0.25) is 5.91 Å². The van der Waals surface area contributed by atoms with Gasteiger partial charge >= 0.3 is 12.6 Å². The lowest BCUT2D eigenvalue weighted by Gasteiger charge is -2.24. The number of benzene rings is 1. The van der Waals surface area contributed by atoms with Crippen LogP contribution in [0.1, 0.15) is 6.42 Å². The number of ether oxygens (including phenoxy) is 1. The molecule has 8 heteroatoms. The molecule has 1 aromatic rings. The molecule has 1 fully saturated rings. The predicted molar refractivity (Wildman–Crippen MR) is 82.1 cm³/mol. The molecule has 5 nitrogen and oxygen atoms in total. The zero-order chi connectivity index (χ0) is 17.4. The van der Waals surface area contributed by atoms with Gasteiger partial charge < -0.3 is 15.2 Å². The highest BCUT2D eigenvalue weighted by molar-refractivity contribution is 6.32. The average Bonchev–Trinajstić information content (AvgIpc) is 3.10. The van der Waals surface area contributed by atoms with E-state index in [1.165, 1.54) is 18.2 Å². The molecule has 0 radical (unpaired) electrons. The van der Waals surface area contributed by atoms with Crippen molar-refractivity contribution in [3.8, 4) is 5.75 Å². The Hall–Kier alpha value is -2.15. The number of rotatable bonds is 5. The molecule has 2 aliphatic rings. The quantitative estimate of drug-likeness (QED) is 0.792. The molecule has 128 valence electrons. The second-order valence-corrected chi connectivity index (χ2v) is 6.26. The average molecular weight is 358 g/mol. The number of alkyl halides is 2. The van der Waals surface area contributed by atoms with Crippen molar-refractivity contribution in [3.63, 3.8) is 0 Å². The van der Waals surface area contributed by atoms with Crippen molar-refractivity contribution in [2.24, 2.45) is 23.7 Å². The van der Waals surface area contributed by atoms with Crippen molar-refractivity contribution in [2.45, 2.75) is 13.0 Å². The molecule has 0 aliphatic heterocycles. The summed E-state index contributed by atoms with van der Waals surface area (Å²) in [7, 11) is 0. The number of carbonyl (C=O) groups excluding carboxylic acids is 1. The lowest BCUT2D eigenvalue weighted by molar-refractivity contribution is -0.146. The number of anilines is 1. The molecule has 0 saturated heterocycles. The molecule has 0 heterocycles. The molecule has 4 atom stereocenters. The molecule has 2 N–H and O–H groups in total. The van der Waals surface area contributed by atoms with Crippen LogP contribution in [0.5, 0.6) is 5.75 Å². The van der Waals surface area contributed by atoms with E-state index < -0.39 is 30.3 Å². The standard InChI is InChI=1S/C16H14ClF2NO4/c17-10-4-3-9(6-11(10)24-16(18)19)20-14(21)12-7-1-2-8(5-7)13(12)15(22)23/h1-4,6-8,12-13,16H,5H2,(H,20,21)(H,22,23). The first kappa shape index (κ1) is 16.7. The highest BCUT2D eigenvalue weighted by Gasteiger charge is 2.51. The Kier molecular flexibility index (Phi) is 4.45. The van der Waals surface area contributed by atoms with Gasteiger partial charge in [-0.05, 0) is 30.4 Å². The minimum absolute atomic E-state index is 0.0143. The molecule has 1 aromatic carbocycles. The first-order valence-electron chi connectivity index (χ1n) is 7.33. The number of carboxylic acid groups (broad SMARTS) is 1. The van der Waals surface area contributed by atoms with Crippen molar-refractivity contribution in [1.82, 2.24) is 0 Å². The smallest absolute Gasteiger partial charge is 0.387 e. The Morgan fingerprint density at radius 2 is 1.92 bits per heavy atom. The van der Waals surface area contributed by atoms with Gasteiger partial charge in [0.25, 0.3) is 0 Å². The first-order chi connectivity index (χ1) is 11.4. The van der Waals surface area contributed by atoms with Gasteiger partial charge in [0, 0.05) is 11.8 Å². The highest BCUT2D eigenvalue weighted by atomic mass is 35.5.